The molecule has 18 heavy (non-hydrogen) atoms. The van der Waals surface area contributed by atoms with E-state index in [-0.39, 0.29) is 11.8 Å². The number of benzene rings is 1. The monoisotopic (exact) mass is 282 g/mol. The Balaban J connectivity index is 2.08. The van der Waals surface area contributed by atoms with Crippen molar-refractivity contribution in [1.82, 2.24) is 4.90 Å². The van der Waals surface area contributed by atoms with Crippen molar-refractivity contribution in [3.63, 3.8) is 0 Å². The molecule has 1 N–H and O–H groups in total. The van der Waals surface area contributed by atoms with E-state index >= 15 is 0 Å². The van der Waals surface area contributed by atoms with Gasteiger partial charge in [-0.2, -0.15) is 0 Å². The summed E-state index contributed by atoms with van der Waals surface area (Å²) >= 11 is 7.28. The maximum absolute atomic E-state index is 11.8. The summed E-state index contributed by atoms with van der Waals surface area (Å²) in [6.07, 6.45) is 1.40. The molecule has 0 unspecified atom stereocenters. The SMILES string of the molecule is CN1C(=O)CSC1=CC(=O)Nc1ccccc1Cl. The summed E-state index contributed by atoms with van der Waals surface area (Å²) < 4.78 is 0. The molecule has 0 aliphatic carbocycles. The zero-order chi connectivity index (χ0) is 13.1. The number of nitrogens with one attached hydrogen (secondary N) is 1. The summed E-state index contributed by atoms with van der Waals surface area (Å²) in [5, 5.41) is 3.80. The molecule has 1 aliphatic heterocycles. The summed E-state index contributed by atoms with van der Waals surface area (Å²) in [5.41, 5.74) is 0.554. The van der Waals surface area contributed by atoms with Crippen molar-refractivity contribution in [2.75, 3.05) is 18.1 Å². The van der Waals surface area contributed by atoms with Gasteiger partial charge in [-0.3, -0.25) is 9.59 Å². The second-order valence-corrected chi connectivity index (χ2v) is 5.10. The van der Waals surface area contributed by atoms with Crippen LogP contribution in [0.1, 0.15) is 0 Å². The van der Waals surface area contributed by atoms with Gasteiger partial charge >= 0.3 is 0 Å². The molecule has 0 atom stereocenters. The molecule has 1 fully saturated rings. The van der Waals surface area contributed by atoms with E-state index in [1.54, 1.807) is 31.3 Å². The lowest BCUT2D eigenvalue weighted by Gasteiger charge is -2.09. The Morgan fingerprint density at radius 2 is 2.22 bits per heavy atom. The molecule has 0 radical (unpaired) electrons. The Hall–Kier alpha value is -1.46. The van der Waals surface area contributed by atoms with Gasteiger partial charge in [0.1, 0.15) is 0 Å². The van der Waals surface area contributed by atoms with Crippen LogP contribution in [0.4, 0.5) is 5.69 Å². The van der Waals surface area contributed by atoms with E-state index in [0.717, 1.165) is 0 Å². The molecule has 2 amide bonds. The number of anilines is 1. The zero-order valence-corrected chi connectivity index (χ0v) is 11.2. The van der Waals surface area contributed by atoms with Gasteiger partial charge in [-0.1, -0.05) is 35.5 Å². The number of hydrogen-bond donors (Lipinski definition) is 1. The van der Waals surface area contributed by atoms with Crippen LogP contribution in [0.15, 0.2) is 35.4 Å². The minimum Gasteiger partial charge on any atom is -0.321 e. The number of carbonyl (C=O) groups excluding carboxylic acids is 2. The molecule has 2 rings (SSSR count). The maximum atomic E-state index is 11.8. The Morgan fingerprint density at radius 3 is 2.83 bits per heavy atom. The lowest BCUT2D eigenvalue weighted by molar-refractivity contribution is -0.124. The number of amides is 2. The third-order valence-electron chi connectivity index (χ3n) is 2.43. The van der Waals surface area contributed by atoms with Gasteiger partial charge in [-0.05, 0) is 12.1 Å². The van der Waals surface area contributed by atoms with Crippen molar-refractivity contribution in [1.29, 1.82) is 0 Å². The standard InChI is InChI=1S/C12H11ClN2O2S/c1-15-11(17)7-18-12(15)6-10(16)14-9-5-3-2-4-8(9)13/h2-6H,7H2,1H3,(H,14,16). The van der Waals surface area contributed by atoms with Crippen LogP contribution in [0.25, 0.3) is 0 Å². The number of thioether (sulfide) groups is 1. The van der Waals surface area contributed by atoms with Gasteiger partial charge in [-0.15, -0.1) is 0 Å². The first kappa shape index (κ1) is 13.0. The van der Waals surface area contributed by atoms with Gasteiger partial charge < -0.3 is 10.2 Å². The van der Waals surface area contributed by atoms with Gasteiger partial charge in [0.2, 0.25) is 5.91 Å². The maximum Gasteiger partial charge on any atom is 0.251 e. The normalized spacial score (nSPS) is 17.3. The number of hydrogen-bond acceptors (Lipinski definition) is 3. The molecule has 0 aromatic heterocycles. The van der Waals surface area contributed by atoms with E-state index in [0.29, 0.717) is 21.5 Å². The van der Waals surface area contributed by atoms with Gasteiger partial charge in [-0.25, -0.2) is 0 Å². The van der Waals surface area contributed by atoms with Crippen molar-refractivity contribution in [2.24, 2.45) is 0 Å². The van der Waals surface area contributed by atoms with E-state index in [4.69, 9.17) is 11.6 Å². The Morgan fingerprint density at radius 1 is 1.50 bits per heavy atom. The highest BCUT2D eigenvalue weighted by atomic mass is 35.5. The molecular formula is C12H11ClN2O2S. The highest BCUT2D eigenvalue weighted by Gasteiger charge is 2.23. The van der Waals surface area contributed by atoms with Crippen LogP contribution >= 0.6 is 23.4 Å². The molecule has 1 aromatic carbocycles. The third kappa shape index (κ3) is 2.86. The first-order valence-electron chi connectivity index (χ1n) is 5.24. The average Bonchev–Trinajstić information content (AvgIpc) is 2.64. The van der Waals surface area contributed by atoms with E-state index < -0.39 is 0 Å². The molecule has 4 nitrogen and oxygen atoms in total. The highest BCUT2D eigenvalue weighted by Crippen LogP contribution is 2.27. The number of carbonyl (C=O) groups is 2. The first-order chi connectivity index (χ1) is 8.58. The minimum absolute atomic E-state index is 0.00297. The van der Waals surface area contributed by atoms with E-state index in [1.807, 2.05) is 0 Å². The average molecular weight is 283 g/mol. The second-order valence-electron chi connectivity index (χ2n) is 3.69. The Bertz CT molecular complexity index is 531. The summed E-state index contributed by atoms with van der Waals surface area (Å²) in [7, 11) is 1.65. The number of halogens is 1. The van der Waals surface area contributed by atoms with E-state index in [9.17, 15) is 9.59 Å². The predicted octanol–water partition coefficient (Wildman–Crippen LogP) is 2.33. The molecule has 1 heterocycles. The van der Waals surface area contributed by atoms with Gasteiger partial charge in [0.25, 0.3) is 5.91 Å². The Kier molecular flexibility index (Phi) is 3.93. The van der Waals surface area contributed by atoms with E-state index in [2.05, 4.69) is 5.32 Å². The number of para-hydroxylation sites is 1. The van der Waals surface area contributed by atoms with Crippen LogP contribution < -0.4 is 5.32 Å². The van der Waals surface area contributed by atoms with Crippen molar-refractivity contribution in [3.8, 4) is 0 Å². The van der Waals surface area contributed by atoms with Crippen LogP contribution in [0, 0.1) is 0 Å². The minimum atomic E-state index is -0.299. The lowest BCUT2D eigenvalue weighted by Crippen LogP contribution is -2.20. The number of nitrogens with zero attached hydrogens (tertiary/aromatic N) is 1. The van der Waals surface area contributed by atoms with Crippen molar-refractivity contribution >= 4 is 40.9 Å². The van der Waals surface area contributed by atoms with Crippen LogP contribution in [-0.4, -0.2) is 29.5 Å². The highest BCUT2D eigenvalue weighted by molar-refractivity contribution is 8.04. The zero-order valence-electron chi connectivity index (χ0n) is 9.64. The summed E-state index contributed by atoms with van der Waals surface area (Å²) in [5.74, 6) is 0.0748. The second kappa shape index (κ2) is 5.46. The first-order valence-corrected chi connectivity index (χ1v) is 6.61. The van der Waals surface area contributed by atoms with Crippen molar-refractivity contribution in [2.45, 2.75) is 0 Å². The molecule has 0 saturated carbocycles. The fourth-order valence-corrected chi connectivity index (χ4v) is 2.57. The molecule has 0 spiro atoms. The quantitative estimate of drug-likeness (QED) is 0.847. The molecule has 94 valence electrons. The number of rotatable bonds is 2. The van der Waals surface area contributed by atoms with Gasteiger partial charge in [0.15, 0.2) is 0 Å². The van der Waals surface area contributed by atoms with Crippen molar-refractivity contribution in [3.05, 3.63) is 40.4 Å². The Labute approximate surface area is 114 Å². The fourth-order valence-electron chi connectivity index (χ4n) is 1.43. The third-order valence-corrected chi connectivity index (χ3v) is 3.84. The molecule has 1 saturated heterocycles. The smallest absolute Gasteiger partial charge is 0.251 e. The molecule has 1 aromatic rings. The molecule has 0 bridgehead atoms. The van der Waals surface area contributed by atoms with Crippen LogP contribution in [-0.2, 0) is 9.59 Å². The lowest BCUT2D eigenvalue weighted by atomic mass is 10.3. The topological polar surface area (TPSA) is 49.4 Å². The predicted molar refractivity (Wildman–Crippen MR) is 73.4 cm³/mol. The van der Waals surface area contributed by atoms with Gasteiger partial charge in [0, 0.05) is 13.1 Å². The molecular weight excluding hydrogens is 272 g/mol. The van der Waals surface area contributed by atoms with Crippen molar-refractivity contribution < 1.29 is 9.59 Å². The summed E-state index contributed by atoms with van der Waals surface area (Å²) in [4.78, 5) is 24.5. The summed E-state index contributed by atoms with van der Waals surface area (Å²) in [6, 6.07) is 6.99. The molecule has 1 aliphatic rings. The summed E-state index contributed by atoms with van der Waals surface area (Å²) in [6.45, 7) is 0. The molecule has 6 heteroatoms. The van der Waals surface area contributed by atoms with Crippen LogP contribution in [0.3, 0.4) is 0 Å². The van der Waals surface area contributed by atoms with Crippen LogP contribution in [0.2, 0.25) is 5.02 Å². The fraction of sp³-hybridized carbons (Fsp3) is 0.167. The largest absolute Gasteiger partial charge is 0.321 e. The van der Waals surface area contributed by atoms with Crippen LogP contribution in [0.5, 0.6) is 0 Å². The van der Waals surface area contributed by atoms with E-state index in [1.165, 1.54) is 22.7 Å². The van der Waals surface area contributed by atoms with Gasteiger partial charge in [0.05, 0.1) is 21.5 Å².